The van der Waals surface area contributed by atoms with Crippen LogP contribution in [0.2, 0.25) is 0 Å². The first-order valence-electron chi connectivity index (χ1n) is 9.02. The van der Waals surface area contributed by atoms with Crippen LogP contribution in [0.1, 0.15) is 71.6 Å². The molecule has 0 aromatic heterocycles. The van der Waals surface area contributed by atoms with E-state index in [1.165, 1.54) is 12.8 Å². The number of unbranched alkanes of at least 4 members (excludes halogenated alkanes) is 3. The molecule has 0 amide bonds. The van der Waals surface area contributed by atoms with Gasteiger partial charge in [0.2, 0.25) is 5.79 Å². The maximum absolute atomic E-state index is 11.6. The first-order valence-corrected chi connectivity index (χ1v) is 9.02. The topological polar surface area (TPSA) is 54.0 Å². The standard InChI is InChI=1S/C18H30O5/c1-3-5-6-7-8-9-10-12-18-13-11-15(21-18)16(22-23-18)14-17(19)20-4-2/h7-8,15-16H,3-6,9-14H2,1-2H3/b8-7+/t15-,16+,18-/m0/s1. The number of allylic oxidation sites excluding steroid dienone is 2. The molecule has 2 aliphatic rings. The summed E-state index contributed by atoms with van der Waals surface area (Å²) < 4.78 is 11.0. The molecule has 0 aromatic carbocycles. The van der Waals surface area contributed by atoms with Crippen LogP contribution in [0.4, 0.5) is 0 Å². The van der Waals surface area contributed by atoms with Gasteiger partial charge in [-0.3, -0.25) is 4.79 Å². The van der Waals surface area contributed by atoms with Crippen molar-refractivity contribution in [1.82, 2.24) is 0 Å². The van der Waals surface area contributed by atoms with Crippen molar-refractivity contribution in [2.24, 2.45) is 0 Å². The van der Waals surface area contributed by atoms with E-state index in [1.807, 2.05) is 0 Å². The fourth-order valence-corrected chi connectivity index (χ4v) is 3.11. The summed E-state index contributed by atoms with van der Waals surface area (Å²) in [4.78, 5) is 22.6. The second-order valence-corrected chi connectivity index (χ2v) is 6.34. The number of hydrogen-bond donors (Lipinski definition) is 0. The minimum Gasteiger partial charge on any atom is -0.466 e. The quantitative estimate of drug-likeness (QED) is 0.262. The lowest BCUT2D eigenvalue weighted by Crippen LogP contribution is -2.44. The van der Waals surface area contributed by atoms with E-state index < -0.39 is 5.79 Å². The minimum atomic E-state index is -0.604. The fourth-order valence-electron chi connectivity index (χ4n) is 3.11. The molecule has 23 heavy (non-hydrogen) atoms. The van der Waals surface area contributed by atoms with Crippen LogP contribution in [0.25, 0.3) is 0 Å². The third-order valence-corrected chi connectivity index (χ3v) is 4.41. The zero-order chi connectivity index (χ0) is 16.5. The zero-order valence-electron chi connectivity index (χ0n) is 14.4. The molecule has 2 heterocycles. The van der Waals surface area contributed by atoms with E-state index in [-0.39, 0.29) is 24.6 Å². The molecule has 0 saturated carbocycles. The van der Waals surface area contributed by atoms with Crippen LogP contribution in [-0.2, 0) is 24.0 Å². The first kappa shape index (κ1) is 18.4. The summed E-state index contributed by atoms with van der Waals surface area (Å²) in [5.74, 6) is -0.867. The van der Waals surface area contributed by atoms with Crippen molar-refractivity contribution in [2.45, 2.75) is 89.6 Å². The molecule has 5 heteroatoms. The largest absolute Gasteiger partial charge is 0.466 e. The lowest BCUT2D eigenvalue weighted by Gasteiger charge is -2.36. The van der Waals surface area contributed by atoms with Crippen LogP contribution < -0.4 is 0 Å². The van der Waals surface area contributed by atoms with Gasteiger partial charge in [0, 0.05) is 12.8 Å². The summed E-state index contributed by atoms with van der Waals surface area (Å²) in [6, 6.07) is 0. The highest BCUT2D eigenvalue weighted by Crippen LogP contribution is 2.42. The zero-order valence-corrected chi connectivity index (χ0v) is 14.4. The summed E-state index contributed by atoms with van der Waals surface area (Å²) >= 11 is 0. The van der Waals surface area contributed by atoms with Gasteiger partial charge in [0.25, 0.3) is 0 Å². The molecule has 3 atom stereocenters. The van der Waals surface area contributed by atoms with Crippen LogP contribution in [0.15, 0.2) is 12.2 Å². The number of carbonyl (C=O) groups excluding carboxylic acids is 1. The van der Waals surface area contributed by atoms with Crippen molar-refractivity contribution in [1.29, 1.82) is 0 Å². The Morgan fingerprint density at radius 3 is 2.78 bits per heavy atom. The number of rotatable bonds is 10. The van der Waals surface area contributed by atoms with E-state index in [9.17, 15) is 4.79 Å². The Kier molecular flexibility index (Phi) is 7.53. The van der Waals surface area contributed by atoms with Gasteiger partial charge in [-0.05, 0) is 32.6 Å². The SMILES string of the molecule is CCCC/C=C/CCC[C@]12CC[C@H](O1)[C@@H](CC(=O)OCC)OO2. The van der Waals surface area contributed by atoms with Crippen molar-refractivity contribution in [3.8, 4) is 0 Å². The molecule has 0 aliphatic carbocycles. The molecule has 5 nitrogen and oxygen atoms in total. The second kappa shape index (κ2) is 9.40. The summed E-state index contributed by atoms with van der Waals surface area (Å²) in [5, 5.41) is 0. The van der Waals surface area contributed by atoms with Gasteiger partial charge in [-0.15, -0.1) is 0 Å². The van der Waals surface area contributed by atoms with Gasteiger partial charge in [-0.25, -0.2) is 9.78 Å². The fraction of sp³-hybridized carbons (Fsp3) is 0.833. The number of hydrogen-bond acceptors (Lipinski definition) is 5. The molecule has 2 rings (SSSR count). The molecule has 132 valence electrons. The van der Waals surface area contributed by atoms with Crippen LogP contribution >= 0.6 is 0 Å². The Morgan fingerprint density at radius 2 is 2.04 bits per heavy atom. The molecule has 2 bridgehead atoms. The third-order valence-electron chi connectivity index (χ3n) is 4.41. The molecule has 0 aromatic rings. The molecule has 2 aliphatic heterocycles. The summed E-state index contributed by atoms with van der Waals surface area (Å²) in [6.45, 7) is 4.38. The molecule has 2 saturated heterocycles. The number of carbonyl (C=O) groups is 1. The Morgan fingerprint density at radius 1 is 1.26 bits per heavy atom. The summed E-state index contributed by atoms with van der Waals surface area (Å²) in [7, 11) is 0. The highest BCUT2D eigenvalue weighted by molar-refractivity contribution is 5.70. The van der Waals surface area contributed by atoms with E-state index in [1.54, 1.807) is 6.92 Å². The Bertz CT molecular complexity index is 395. The highest BCUT2D eigenvalue weighted by atomic mass is 17.2. The normalized spacial score (nSPS) is 30.0. The first-order chi connectivity index (χ1) is 11.2. The average molecular weight is 326 g/mol. The van der Waals surface area contributed by atoms with E-state index in [2.05, 4.69) is 19.1 Å². The highest BCUT2D eigenvalue weighted by Gasteiger charge is 2.50. The van der Waals surface area contributed by atoms with Crippen LogP contribution in [0, 0.1) is 0 Å². The van der Waals surface area contributed by atoms with E-state index in [4.69, 9.17) is 19.2 Å². The lowest BCUT2D eigenvalue weighted by molar-refractivity contribution is -0.485. The summed E-state index contributed by atoms with van der Waals surface area (Å²) in [6.07, 6.45) is 12.5. The van der Waals surface area contributed by atoms with Crippen LogP contribution in [0.5, 0.6) is 0 Å². The number of esters is 1. The smallest absolute Gasteiger partial charge is 0.308 e. The van der Waals surface area contributed by atoms with Gasteiger partial charge in [0.05, 0.1) is 19.1 Å². The molecule has 0 spiro atoms. The maximum Gasteiger partial charge on any atom is 0.308 e. The van der Waals surface area contributed by atoms with E-state index >= 15 is 0 Å². The van der Waals surface area contributed by atoms with E-state index in [0.717, 1.165) is 38.5 Å². The van der Waals surface area contributed by atoms with Gasteiger partial charge >= 0.3 is 5.97 Å². The van der Waals surface area contributed by atoms with Gasteiger partial charge in [-0.1, -0.05) is 31.9 Å². The van der Waals surface area contributed by atoms with Crippen LogP contribution in [0.3, 0.4) is 0 Å². The van der Waals surface area contributed by atoms with Gasteiger partial charge in [-0.2, -0.15) is 0 Å². The van der Waals surface area contributed by atoms with Crippen LogP contribution in [-0.4, -0.2) is 30.6 Å². The van der Waals surface area contributed by atoms with Crippen molar-refractivity contribution in [2.75, 3.05) is 6.61 Å². The monoisotopic (exact) mass is 326 g/mol. The average Bonchev–Trinajstić information content (AvgIpc) is 2.89. The molecule has 2 fully saturated rings. The lowest BCUT2D eigenvalue weighted by atomic mass is 10.0. The number of fused-ring (bicyclic) bond motifs is 2. The second-order valence-electron chi connectivity index (χ2n) is 6.34. The van der Waals surface area contributed by atoms with Crippen molar-refractivity contribution < 1.29 is 24.0 Å². The van der Waals surface area contributed by atoms with Crippen molar-refractivity contribution in [3.05, 3.63) is 12.2 Å². The molecular weight excluding hydrogens is 296 g/mol. The number of ether oxygens (including phenoxy) is 2. The summed E-state index contributed by atoms with van der Waals surface area (Å²) in [5.41, 5.74) is 0. The van der Waals surface area contributed by atoms with Gasteiger partial charge in [0.1, 0.15) is 6.10 Å². The molecular formula is C18H30O5. The predicted molar refractivity (Wildman–Crippen MR) is 86.6 cm³/mol. The predicted octanol–water partition coefficient (Wildman–Crippen LogP) is 4.06. The Balaban J connectivity index is 1.68. The molecule has 0 unspecified atom stereocenters. The minimum absolute atomic E-state index is 0.0618. The molecule has 0 N–H and O–H groups in total. The van der Waals surface area contributed by atoms with Crippen molar-refractivity contribution >= 4 is 5.97 Å². The molecule has 0 radical (unpaired) electrons. The maximum atomic E-state index is 11.6. The van der Waals surface area contributed by atoms with Gasteiger partial charge in [0.15, 0.2) is 0 Å². The Labute approximate surface area is 139 Å². The van der Waals surface area contributed by atoms with E-state index in [0.29, 0.717) is 6.61 Å². The third kappa shape index (κ3) is 5.59. The Hall–Kier alpha value is -0.910. The van der Waals surface area contributed by atoms with Gasteiger partial charge < -0.3 is 9.47 Å². The van der Waals surface area contributed by atoms with Crippen molar-refractivity contribution in [3.63, 3.8) is 0 Å².